The summed E-state index contributed by atoms with van der Waals surface area (Å²) in [4.78, 5) is 0.291. The van der Waals surface area contributed by atoms with Gasteiger partial charge in [0, 0.05) is 16.8 Å². The van der Waals surface area contributed by atoms with Crippen LogP contribution in [0.1, 0.15) is 30.4 Å². The Morgan fingerprint density at radius 1 is 1.00 bits per heavy atom. The normalized spacial score (nSPS) is 15.3. The van der Waals surface area contributed by atoms with Crippen LogP contribution in [0.2, 0.25) is 5.02 Å². The molecule has 2 aromatic carbocycles. The molecule has 2 aromatic rings. The Kier molecular flexibility index (Phi) is 4.30. The van der Waals surface area contributed by atoms with Crippen LogP contribution in [0.15, 0.2) is 47.4 Å². The largest absolute Gasteiger partial charge is 0.224 e. The first-order valence-corrected chi connectivity index (χ1v) is 9.61. The van der Waals surface area contributed by atoms with Crippen LogP contribution < -0.4 is 0 Å². The molecular formula is C18H16ClFO2S. The molecule has 2 nitrogen and oxygen atoms in total. The predicted octanol–water partition coefficient (Wildman–Crippen LogP) is 4.98. The second-order valence-corrected chi connectivity index (χ2v) is 8.18. The first kappa shape index (κ1) is 16.2. The van der Waals surface area contributed by atoms with E-state index in [1.807, 2.05) is 0 Å². The Balaban J connectivity index is 2.06. The fraction of sp³-hybridized carbons (Fsp3) is 0.222. The van der Waals surface area contributed by atoms with Crippen molar-refractivity contribution < 1.29 is 12.8 Å². The smallest absolute Gasteiger partial charge is 0.175 e. The fourth-order valence-corrected chi connectivity index (χ4v) is 3.79. The summed E-state index contributed by atoms with van der Waals surface area (Å²) in [6.45, 7) is 0. The molecule has 5 heteroatoms. The van der Waals surface area contributed by atoms with Crippen LogP contribution >= 0.6 is 11.6 Å². The molecule has 0 saturated heterocycles. The van der Waals surface area contributed by atoms with Crippen molar-refractivity contribution in [1.82, 2.24) is 0 Å². The third-order valence-electron chi connectivity index (χ3n) is 4.11. The minimum Gasteiger partial charge on any atom is -0.224 e. The lowest BCUT2D eigenvalue weighted by molar-refractivity contribution is 0.602. The Hall–Kier alpha value is -1.65. The van der Waals surface area contributed by atoms with Gasteiger partial charge in [-0.3, -0.25) is 0 Å². The van der Waals surface area contributed by atoms with Crippen molar-refractivity contribution in [1.29, 1.82) is 0 Å². The van der Waals surface area contributed by atoms with Gasteiger partial charge in [-0.2, -0.15) is 0 Å². The molecule has 0 amide bonds. The molecule has 0 aliphatic heterocycles. The summed E-state index contributed by atoms with van der Waals surface area (Å²) >= 11 is 5.82. The Morgan fingerprint density at radius 2 is 1.65 bits per heavy atom. The fourth-order valence-electron chi connectivity index (χ4n) is 3.00. The van der Waals surface area contributed by atoms with Crippen molar-refractivity contribution >= 4 is 32.6 Å². The number of hydrogen-bond donors (Lipinski definition) is 0. The topological polar surface area (TPSA) is 34.1 Å². The van der Waals surface area contributed by atoms with Gasteiger partial charge in [0.1, 0.15) is 5.82 Å². The summed E-state index contributed by atoms with van der Waals surface area (Å²) in [6.07, 6.45) is 3.81. The zero-order valence-electron chi connectivity index (χ0n) is 12.6. The molecule has 0 radical (unpaired) electrons. The molecule has 0 heterocycles. The molecular weight excluding hydrogens is 335 g/mol. The van der Waals surface area contributed by atoms with Gasteiger partial charge in [0.2, 0.25) is 0 Å². The maximum Gasteiger partial charge on any atom is 0.175 e. The lowest BCUT2D eigenvalue weighted by Gasteiger charge is -2.10. The maximum absolute atomic E-state index is 14.2. The summed E-state index contributed by atoms with van der Waals surface area (Å²) < 4.78 is 37.3. The van der Waals surface area contributed by atoms with Gasteiger partial charge in [-0.15, -0.1) is 0 Å². The molecule has 0 bridgehead atoms. The lowest BCUT2D eigenvalue weighted by atomic mass is 9.97. The maximum atomic E-state index is 14.2. The van der Waals surface area contributed by atoms with Crippen molar-refractivity contribution in [2.45, 2.75) is 24.2 Å². The van der Waals surface area contributed by atoms with Crippen molar-refractivity contribution in [3.63, 3.8) is 0 Å². The van der Waals surface area contributed by atoms with E-state index in [1.54, 1.807) is 36.4 Å². The van der Waals surface area contributed by atoms with E-state index in [1.165, 1.54) is 12.3 Å². The zero-order chi connectivity index (χ0) is 16.6. The lowest BCUT2D eigenvalue weighted by Crippen LogP contribution is -1.97. The van der Waals surface area contributed by atoms with E-state index in [2.05, 4.69) is 0 Å². The van der Waals surface area contributed by atoms with Gasteiger partial charge in [0.25, 0.3) is 0 Å². The first-order chi connectivity index (χ1) is 10.9. The van der Waals surface area contributed by atoms with Crippen LogP contribution in [0.4, 0.5) is 4.39 Å². The molecule has 3 rings (SSSR count). The highest BCUT2D eigenvalue weighted by atomic mass is 35.5. The van der Waals surface area contributed by atoms with Crippen molar-refractivity contribution in [3.8, 4) is 0 Å². The number of allylic oxidation sites excluding steroid dienone is 2. The van der Waals surface area contributed by atoms with Gasteiger partial charge >= 0.3 is 0 Å². The average molecular weight is 351 g/mol. The summed E-state index contributed by atoms with van der Waals surface area (Å²) in [5.41, 5.74) is 3.57. The molecule has 0 atom stereocenters. The van der Waals surface area contributed by atoms with Gasteiger partial charge in [0.05, 0.1) is 4.90 Å². The van der Waals surface area contributed by atoms with Crippen molar-refractivity contribution in [2.75, 3.05) is 6.26 Å². The Labute approximate surface area is 140 Å². The highest BCUT2D eigenvalue weighted by Crippen LogP contribution is 2.41. The van der Waals surface area contributed by atoms with E-state index in [0.717, 1.165) is 36.0 Å². The Morgan fingerprint density at radius 3 is 2.26 bits per heavy atom. The quantitative estimate of drug-likeness (QED) is 0.782. The average Bonchev–Trinajstić information content (AvgIpc) is 2.95. The van der Waals surface area contributed by atoms with Crippen LogP contribution in [0.3, 0.4) is 0 Å². The third kappa shape index (κ3) is 3.33. The van der Waals surface area contributed by atoms with E-state index < -0.39 is 9.84 Å². The van der Waals surface area contributed by atoms with E-state index in [0.29, 0.717) is 15.5 Å². The van der Waals surface area contributed by atoms with Crippen LogP contribution in [0, 0.1) is 5.82 Å². The van der Waals surface area contributed by atoms with E-state index in [-0.39, 0.29) is 5.82 Å². The molecule has 0 spiro atoms. The molecule has 0 N–H and O–H groups in total. The molecule has 1 aliphatic carbocycles. The minimum absolute atomic E-state index is 0.291. The molecule has 120 valence electrons. The van der Waals surface area contributed by atoms with Gasteiger partial charge in [0.15, 0.2) is 9.84 Å². The summed E-state index contributed by atoms with van der Waals surface area (Å²) in [6, 6.07) is 11.5. The van der Waals surface area contributed by atoms with Crippen LogP contribution in [-0.2, 0) is 9.84 Å². The van der Waals surface area contributed by atoms with Gasteiger partial charge in [-0.05, 0) is 60.2 Å². The van der Waals surface area contributed by atoms with Crippen LogP contribution in [0.25, 0.3) is 11.1 Å². The molecule has 0 fully saturated rings. The van der Waals surface area contributed by atoms with Gasteiger partial charge in [-0.25, -0.2) is 12.8 Å². The second-order valence-electron chi connectivity index (χ2n) is 5.73. The van der Waals surface area contributed by atoms with Gasteiger partial charge in [-0.1, -0.05) is 29.8 Å². The van der Waals surface area contributed by atoms with E-state index >= 15 is 0 Å². The highest BCUT2D eigenvalue weighted by Gasteiger charge is 2.20. The Bertz CT molecular complexity index is 884. The standard InChI is InChI=1S/C18H16ClFO2S/c1-23(21,22)14-8-5-12(6-9-14)15-3-2-4-16(15)17-10-7-13(19)11-18(17)20/h5-11H,2-4H2,1H3. The zero-order valence-corrected chi connectivity index (χ0v) is 14.2. The number of halogens is 2. The number of hydrogen-bond acceptors (Lipinski definition) is 2. The summed E-state index contributed by atoms with van der Waals surface area (Å²) in [5, 5.41) is 0.379. The highest BCUT2D eigenvalue weighted by molar-refractivity contribution is 7.90. The summed E-state index contributed by atoms with van der Waals surface area (Å²) in [7, 11) is -3.21. The molecule has 0 unspecified atom stereocenters. The molecule has 0 aromatic heterocycles. The monoisotopic (exact) mass is 350 g/mol. The molecule has 23 heavy (non-hydrogen) atoms. The molecule has 1 aliphatic rings. The number of rotatable bonds is 3. The van der Waals surface area contributed by atoms with Gasteiger partial charge < -0.3 is 0 Å². The first-order valence-electron chi connectivity index (χ1n) is 7.34. The number of benzene rings is 2. The van der Waals surface area contributed by atoms with Crippen LogP contribution in [0.5, 0.6) is 0 Å². The third-order valence-corrected chi connectivity index (χ3v) is 5.47. The van der Waals surface area contributed by atoms with E-state index in [4.69, 9.17) is 11.6 Å². The van der Waals surface area contributed by atoms with E-state index in [9.17, 15) is 12.8 Å². The second kappa shape index (κ2) is 6.10. The molecule has 0 saturated carbocycles. The number of sulfone groups is 1. The van der Waals surface area contributed by atoms with Crippen molar-refractivity contribution in [2.24, 2.45) is 0 Å². The summed E-state index contributed by atoms with van der Waals surface area (Å²) in [5.74, 6) is -0.320. The predicted molar refractivity (Wildman–Crippen MR) is 91.6 cm³/mol. The minimum atomic E-state index is -3.21. The van der Waals surface area contributed by atoms with Crippen LogP contribution in [-0.4, -0.2) is 14.7 Å². The SMILES string of the molecule is CS(=O)(=O)c1ccc(C2=C(c3ccc(Cl)cc3F)CCC2)cc1. The van der Waals surface area contributed by atoms with Crippen molar-refractivity contribution in [3.05, 3.63) is 64.4 Å².